The number of rotatable bonds is 3. The number of phenolic OH excluding ortho intramolecular Hbond substituents is 1. The predicted molar refractivity (Wildman–Crippen MR) is 81.9 cm³/mol. The molecule has 0 amide bonds. The molecular weight excluding hydrogens is 248 g/mol. The lowest BCUT2D eigenvalue weighted by atomic mass is 10.1. The molecule has 3 rings (SSSR count). The van der Waals surface area contributed by atoms with Crippen LogP contribution in [0.25, 0.3) is 0 Å². The van der Waals surface area contributed by atoms with Crippen LogP contribution in [-0.4, -0.2) is 47.1 Å². The minimum Gasteiger partial charge on any atom is -0.508 e. The van der Waals surface area contributed by atoms with E-state index in [1.54, 1.807) is 6.07 Å². The zero-order chi connectivity index (χ0) is 13.9. The molecule has 2 aliphatic rings. The molecule has 0 aromatic heterocycles. The Kier molecular flexibility index (Phi) is 4.27. The second-order valence-corrected chi connectivity index (χ2v) is 6.28. The number of piperazine rings is 1. The SMILES string of the molecule is CC(c1cccc(O)c1)N1CCN(C2CCCC2)CC1. The highest BCUT2D eigenvalue weighted by atomic mass is 16.3. The average Bonchev–Trinajstić information content (AvgIpc) is 3.01. The lowest BCUT2D eigenvalue weighted by molar-refractivity contribution is 0.0750. The molecule has 1 unspecified atom stereocenters. The number of hydrogen-bond acceptors (Lipinski definition) is 3. The molecule has 0 radical (unpaired) electrons. The lowest BCUT2D eigenvalue weighted by Gasteiger charge is -2.40. The van der Waals surface area contributed by atoms with Crippen LogP contribution in [0, 0.1) is 0 Å². The van der Waals surface area contributed by atoms with Crippen LogP contribution in [0.15, 0.2) is 24.3 Å². The average molecular weight is 274 g/mol. The van der Waals surface area contributed by atoms with Crippen molar-refractivity contribution in [2.24, 2.45) is 0 Å². The minimum absolute atomic E-state index is 0.374. The Morgan fingerprint density at radius 1 is 1.10 bits per heavy atom. The van der Waals surface area contributed by atoms with E-state index >= 15 is 0 Å². The third-order valence-electron chi connectivity index (χ3n) is 5.09. The zero-order valence-corrected chi connectivity index (χ0v) is 12.5. The van der Waals surface area contributed by atoms with Crippen molar-refractivity contribution in [2.75, 3.05) is 26.2 Å². The van der Waals surface area contributed by atoms with Crippen molar-refractivity contribution in [3.8, 4) is 5.75 Å². The molecule has 2 fully saturated rings. The molecule has 1 N–H and O–H groups in total. The van der Waals surface area contributed by atoms with Gasteiger partial charge in [0.15, 0.2) is 0 Å². The first-order chi connectivity index (χ1) is 9.74. The normalized spacial score (nSPS) is 24.1. The highest BCUT2D eigenvalue weighted by molar-refractivity contribution is 5.29. The first-order valence-corrected chi connectivity index (χ1v) is 8.01. The number of benzene rings is 1. The molecule has 1 aliphatic heterocycles. The van der Waals surface area contributed by atoms with E-state index in [0.29, 0.717) is 11.8 Å². The summed E-state index contributed by atoms with van der Waals surface area (Å²) in [6.45, 7) is 6.95. The van der Waals surface area contributed by atoms with Gasteiger partial charge in [-0.25, -0.2) is 0 Å². The summed E-state index contributed by atoms with van der Waals surface area (Å²) in [5.74, 6) is 0.374. The van der Waals surface area contributed by atoms with Gasteiger partial charge in [0, 0.05) is 38.3 Å². The van der Waals surface area contributed by atoms with Gasteiger partial charge in [0.25, 0.3) is 0 Å². The van der Waals surface area contributed by atoms with Crippen molar-refractivity contribution >= 4 is 0 Å². The van der Waals surface area contributed by atoms with Gasteiger partial charge in [-0.1, -0.05) is 25.0 Å². The van der Waals surface area contributed by atoms with Crippen LogP contribution in [0.2, 0.25) is 0 Å². The van der Waals surface area contributed by atoms with Crippen molar-refractivity contribution in [1.82, 2.24) is 9.80 Å². The second-order valence-electron chi connectivity index (χ2n) is 6.28. The largest absolute Gasteiger partial charge is 0.508 e. The lowest BCUT2D eigenvalue weighted by Crippen LogP contribution is -2.50. The fourth-order valence-corrected chi connectivity index (χ4v) is 3.75. The molecule has 1 saturated heterocycles. The third kappa shape index (κ3) is 2.99. The molecule has 3 heteroatoms. The van der Waals surface area contributed by atoms with E-state index in [0.717, 1.165) is 19.1 Å². The maximum absolute atomic E-state index is 9.62. The second kappa shape index (κ2) is 6.15. The highest BCUT2D eigenvalue weighted by Gasteiger charge is 2.28. The van der Waals surface area contributed by atoms with Crippen LogP contribution < -0.4 is 0 Å². The van der Waals surface area contributed by atoms with Gasteiger partial charge in [-0.15, -0.1) is 0 Å². The minimum atomic E-state index is 0.374. The summed E-state index contributed by atoms with van der Waals surface area (Å²) < 4.78 is 0. The van der Waals surface area contributed by atoms with E-state index in [-0.39, 0.29) is 0 Å². The molecule has 20 heavy (non-hydrogen) atoms. The smallest absolute Gasteiger partial charge is 0.115 e. The van der Waals surface area contributed by atoms with Crippen molar-refractivity contribution in [1.29, 1.82) is 0 Å². The molecule has 1 atom stereocenters. The van der Waals surface area contributed by atoms with Gasteiger partial charge < -0.3 is 5.11 Å². The molecule has 0 bridgehead atoms. The number of aromatic hydroxyl groups is 1. The van der Waals surface area contributed by atoms with E-state index in [1.165, 1.54) is 44.3 Å². The maximum Gasteiger partial charge on any atom is 0.115 e. The summed E-state index contributed by atoms with van der Waals surface area (Å²) in [5.41, 5.74) is 1.22. The van der Waals surface area contributed by atoms with Crippen molar-refractivity contribution < 1.29 is 5.11 Å². The van der Waals surface area contributed by atoms with Gasteiger partial charge in [0.2, 0.25) is 0 Å². The Hall–Kier alpha value is -1.06. The first-order valence-electron chi connectivity index (χ1n) is 8.01. The maximum atomic E-state index is 9.62. The monoisotopic (exact) mass is 274 g/mol. The van der Waals surface area contributed by atoms with Gasteiger partial charge in [-0.2, -0.15) is 0 Å². The Labute approximate surface area is 122 Å². The summed E-state index contributed by atoms with van der Waals surface area (Å²) in [7, 11) is 0. The van der Waals surface area contributed by atoms with Crippen molar-refractivity contribution in [3.63, 3.8) is 0 Å². The van der Waals surface area contributed by atoms with E-state index < -0.39 is 0 Å². The quantitative estimate of drug-likeness (QED) is 0.918. The van der Waals surface area contributed by atoms with Gasteiger partial charge in [-0.05, 0) is 37.5 Å². The highest BCUT2D eigenvalue weighted by Crippen LogP contribution is 2.27. The molecular formula is C17H26N2O. The predicted octanol–water partition coefficient (Wildman–Crippen LogP) is 3.01. The summed E-state index contributed by atoms with van der Waals surface area (Å²) in [4.78, 5) is 5.24. The number of hydrogen-bond donors (Lipinski definition) is 1. The van der Waals surface area contributed by atoms with Crippen LogP contribution in [0.4, 0.5) is 0 Å². The summed E-state index contributed by atoms with van der Waals surface area (Å²) >= 11 is 0. The number of nitrogens with zero attached hydrogens (tertiary/aromatic N) is 2. The molecule has 1 aromatic carbocycles. The first kappa shape index (κ1) is 13.9. The van der Waals surface area contributed by atoms with Crippen molar-refractivity contribution in [2.45, 2.75) is 44.7 Å². The molecule has 1 aromatic rings. The Morgan fingerprint density at radius 2 is 1.80 bits per heavy atom. The molecule has 1 aliphatic carbocycles. The fourth-order valence-electron chi connectivity index (χ4n) is 3.75. The zero-order valence-electron chi connectivity index (χ0n) is 12.5. The van der Waals surface area contributed by atoms with Crippen LogP contribution in [-0.2, 0) is 0 Å². The van der Waals surface area contributed by atoms with Gasteiger partial charge in [0.1, 0.15) is 5.75 Å². The van der Waals surface area contributed by atoms with E-state index in [9.17, 15) is 5.11 Å². The summed E-state index contributed by atoms with van der Waals surface area (Å²) in [6.07, 6.45) is 5.65. The molecule has 1 heterocycles. The molecule has 110 valence electrons. The third-order valence-corrected chi connectivity index (χ3v) is 5.09. The molecule has 3 nitrogen and oxygen atoms in total. The molecule has 1 saturated carbocycles. The fraction of sp³-hybridized carbons (Fsp3) is 0.647. The van der Waals surface area contributed by atoms with Crippen LogP contribution in [0.3, 0.4) is 0 Å². The van der Waals surface area contributed by atoms with E-state index in [1.807, 2.05) is 12.1 Å². The standard InChI is InChI=1S/C17H26N2O/c1-14(15-5-4-8-17(20)13-15)18-9-11-19(12-10-18)16-6-2-3-7-16/h4-5,8,13-14,16,20H,2-3,6-7,9-12H2,1H3. The van der Waals surface area contributed by atoms with Crippen molar-refractivity contribution in [3.05, 3.63) is 29.8 Å². The van der Waals surface area contributed by atoms with Crippen LogP contribution in [0.5, 0.6) is 5.75 Å². The van der Waals surface area contributed by atoms with Gasteiger partial charge >= 0.3 is 0 Å². The van der Waals surface area contributed by atoms with Gasteiger partial charge in [0.05, 0.1) is 0 Å². The Balaban J connectivity index is 1.57. The number of phenols is 1. The van der Waals surface area contributed by atoms with Gasteiger partial charge in [-0.3, -0.25) is 9.80 Å². The van der Waals surface area contributed by atoms with E-state index in [2.05, 4.69) is 22.8 Å². The summed E-state index contributed by atoms with van der Waals surface area (Å²) in [5, 5.41) is 9.62. The van der Waals surface area contributed by atoms with Crippen LogP contribution >= 0.6 is 0 Å². The Bertz CT molecular complexity index is 434. The Morgan fingerprint density at radius 3 is 2.45 bits per heavy atom. The van der Waals surface area contributed by atoms with Crippen LogP contribution in [0.1, 0.15) is 44.2 Å². The molecule has 0 spiro atoms. The summed E-state index contributed by atoms with van der Waals surface area (Å²) in [6, 6.07) is 8.95. The topological polar surface area (TPSA) is 26.7 Å². The van der Waals surface area contributed by atoms with E-state index in [4.69, 9.17) is 0 Å².